The van der Waals surface area contributed by atoms with E-state index in [2.05, 4.69) is 139 Å². The Morgan fingerprint density at radius 2 is 0.805 bits per heavy atom. The van der Waals surface area contributed by atoms with Gasteiger partial charge in [-0.1, -0.05) is 159 Å². The molecule has 0 saturated carbocycles. The van der Waals surface area contributed by atoms with Crippen LogP contribution in [0.3, 0.4) is 0 Å². The second-order valence-corrected chi connectivity index (χ2v) is 41.8. The fourth-order valence-electron chi connectivity index (χ4n) is 8.24. The van der Waals surface area contributed by atoms with E-state index in [9.17, 15) is 25.3 Å². The van der Waals surface area contributed by atoms with Crippen molar-refractivity contribution >= 4 is 42.0 Å². The molecule has 6 aromatic rings. The summed E-state index contributed by atoms with van der Waals surface area (Å²) < 4.78 is 36.2. The van der Waals surface area contributed by atoms with Gasteiger partial charge in [-0.15, -0.1) is 0 Å². The molecule has 0 fully saturated rings. The van der Waals surface area contributed by atoms with Crippen molar-refractivity contribution in [3.63, 3.8) is 0 Å². The summed E-state index contributed by atoms with van der Waals surface area (Å²) in [6, 6.07) is 39.4. The molecule has 14 nitrogen and oxygen atoms in total. The second-order valence-electron chi connectivity index (χ2n) is 27.4. The van der Waals surface area contributed by atoms with Gasteiger partial charge in [-0.3, -0.25) is 20.2 Å². The first-order chi connectivity index (χ1) is 40.4. The van der Waals surface area contributed by atoms with Crippen LogP contribution in [0, 0.1) is 41.0 Å². The lowest BCUT2D eigenvalue weighted by atomic mass is 9.91. The van der Waals surface area contributed by atoms with E-state index in [-0.39, 0.29) is 42.9 Å². The highest BCUT2D eigenvalue weighted by Gasteiger charge is 2.39. The maximum Gasteiger partial charge on any atom is 0.275 e. The molecule has 0 bridgehead atoms. The van der Waals surface area contributed by atoms with Gasteiger partial charge in [0.2, 0.25) is 0 Å². The topological polar surface area (TPSA) is 188 Å². The molecule has 2 atom stereocenters. The van der Waals surface area contributed by atoms with Crippen LogP contribution >= 0.6 is 0 Å². The first kappa shape index (κ1) is 73.3. The number of aliphatic hydroxyl groups is 1. The number of nitro groups is 2. The first-order valence-electron chi connectivity index (χ1n) is 30.5. The van der Waals surface area contributed by atoms with Crippen LogP contribution < -0.4 is 19.9 Å². The van der Waals surface area contributed by atoms with Crippen LogP contribution in [0.1, 0.15) is 151 Å². The molecule has 6 aromatic carbocycles. The van der Waals surface area contributed by atoms with E-state index in [0.29, 0.717) is 55.7 Å². The maximum atomic E-state index is 11.5. The molecule has 2 unspecified atom stereocenters. The van der Waals surface area contributed by atoms with Crippen LogP contribution in [0.4, 0.5) is 17.1 Å². The van der Waals surface area contributed by atoms with Crippen molar-refractivity contribution in [2.24, 2.45) is 0 Å². The zero-order valence-corrected chi connectivity index (χ0v) is 58.9. The Morgan fingerprint density at radius 1 is 0.471 bits per heavy atom. The van der Waals surface area contributed by atoms with Gasteiger partial charge in [-0.2, -0.15) is 0 Å². The van der Waals surface area contributed by atoms with Crippen LogP contribution in [0.15, 0.2) is 127 Å². The van der Waals surface area contributed by atoms with Gasteiger partial charge < -0.3 is 38.3 Å². The molecule has 6 rings (SSSR count). The molecular weight excluding hydrogens is 1140 g/mol. The lowest BCUT2D eigenvalue weighted by molar-refractivity contribution is -0.386. The quantitative estimate of drug-likeness (QED) is 0.0172. The zero-order chi connectivity index (χ0) is 65.1. The predicted molar refractivity (Wildman–Crippen MR) is 365 cm³/mol. The Kier molecular flexibility index (Phi) is 27.2. The van der Waals surface area contributed by atoms with Gasteiger partial charge in [0.1, 0.15) is 23.4 Å². The van der Waals surface area contributed by atoms with Gasteiger partial charge in [0.25, 0.3) is 11.4 Å². The molecule has 87 heavy (non-hydrogen) atoms. The van der Waals surface area contributed by atoms with Gasteiger partial charge >= 0.3 is 0 Å². The maximum absolute atomic E-state index is 11.5. The predicted octanol–water partition coefficient (Wildman–Crippen LogP) is 18.6. The van der Waals surface area contributed by atoms with Gasteiger partial charge in [0.15, 0.2) is 25.0 Å². The number of hydrogen-bond acceptors (Lipinski definition) is 12. The minimum Gasteiger partial charge on any atom is -0.493 e. The first-order valence-corrected chi connectivity index (χ1v) is 39.3. The molecule has 0 amide bonds. The summed E-state index contributed by atoms with van der Waals surface area (Å²) in [6.45, 7) is 45.2. The highest BCUT2D eigenvalue weighted by atomic mass is 28.4. The van der Waals surface area contributed by atoms with Crippen molar-refractivity contribution in [3.8, 4) is 17.2 Å². The van der Waals surface area contributed by atoms with Crippen molar-refractivity contribution in [2.75, 3.05) is 45.4 Å². The number of hydrogen-bond donors (Lipinski definition) is 2. The van der Waals surface area contributed by atoms with Crippen molar-refractivity contribution in [1.82, 2.24) is 0 Å². The average Bonchev–Trinajstić information content (AvgIpc) is 3.56. The number of nitrogen functional groups attached to an aromatic ring is 1. The van der Waals surface area contributed by atoms with Crippen LogP contribution in [-0.4, -0.2) is 79.5 Å². The highest BCUT2D eigenvalue weighted by molar-refractivity contribution is 6.74. The van der Waals surface area contributed by atoms with E-state index in [1.165, 1.54) is 17.2 Å². The van der Waals surface area contributed by atoms with E-state index >= 15 is 0 Å². The number of aryl methyl sites for hydroxylation is 3. The molecule has 0 spiro atoms. The van der Waals surface area contributed by atoms with Crippen molar-refractivity contribution in [3.05, 3.63) is 198 Å². The monoisotopic (exact) mass is 1250 g/mol. The molecule has 0 heterocycles. The number of ether oxygens (including phenoxy) is 3. The Bertz CT molecular complexity index is 2970. The smallest absolute Gasteiger partial charge is 0.275 e. The summed E-state index contributed by atoms with van der Waals surface area (Å²) in [5.41, 5.74) is 15.3. The molecule has 3 N–H and O–H groups in total. The number of benzene rings is 6. The number of nitrogens with two attached hydrogens (primary N) is 1. The van der Waals surface area contributed by atoms with Crippen molar-refractivity contribution in [2.45, 2.75) is 182 Å². The SMILES string of the molecule is Cc1ccc(C(C)c2cc(OCCCO[Si](C)(C)C(C)(C)C)ccc2[N+](=O)[O-])cc1.Cc1ccc(C(O)c2cc(OCCCO[Si](C)(C)C(C)(C)C)ccc2[N+](=O)[O-])cc1.Cc1ccc(Cc2cc(OCCCO[Si](C)(C)C(C)(C)C)ccc2N)cc1. The largest absolute Gasteiger partial charge is 0.493 e. The minimum atomic E-state index is -1.78. The molecule has 0 aliphatic heterocycles. The Morgan fingerprint density at radius 3 is 1.18 bits per heavy atom. The molecule has 0 aliphatic rings. The average molecular weight is 1250 g/mol. The Labute approximate surface area is 524 Å². The summed E-state index contributed by atoms with van der Waals surface area (Å²) in [6.07, 6.45) is 2.12. The number of nitro benzene ring substituents is 2. The molecule has 0 aromatic heterocycles. The Balaban J connectivity index is 0.000000280. The van der Waals surface area contributed by atoms with E-state index < -0.39 is 36.0 Å². The zero-order valence-electron chi connectivity index (χ0n) is 55.9. The molecule has 0 radical (unpaired) electrons. The van der Waals surface area contributed by atoms with Crippen LogP contribution in [0.5, 0.6) is 17.2 Å². The van der Waals surface area contributed by atoms with E-state index in [4.69, 9.17) is 33.2 Å². The summed E-state index contributed by atoms with van der Waals surface area (Å²) in [7, 11) is -5.20. The second kappa shape index (κ2) is 32.3. The fourth-order valence-corrected chi connectivity index (χ4v) is 11.5. The molecular formula is C70H103N3O11Si3. The van der Waals surface area contributed by atoms with Crippen LogP contribution in [0.25, 0.3) is 0 Å². The number of aliphatic hydroxyl groups excluding tert-OH is 1. The summed E-state index contributed by atoms with van der Waals surface area (Å²) >= 11 is 0. The van der Waals surface area contributed by atoms with Gasteiger partial charge in [-0.05, 0) is 146 Å². The lowest BCUT2D eigenvalue weighted by Gasteiger charge is -2.36. The minimum absolute atomic E-state index is 0.100. The third kappa shape index (κ3) is 23.0. The highest BCUT2D eigenvalue weighted by Crippen LogP contribution is 2.40. The van der Waals surface area contributed by atoms with Crippen LogP contribution in [-0.2, 0) is 19.7 Å². The summed E-state index contributed by atoms with van der Waals surface area (Å²) in [5.74, 6) is 1.92. The number of nitrogens with zero attached hydrogens (tertiary/aromatic N) is 2. The molecule has 476 valence electrons. The summed E-state index contributed by atoms with van der Waals surface area (Å²) in [4.78, 5) is 22.2. The summed E-state index contributed by atoms with van der Waals surface area (Å²) in [5, 5.41) is 34.3. The normalized spacial score (nSPS) is 12.9. The van der Waals surface area contributed by atoms with E-state index in [1.807, 2.05) is 69.3 Å². The van der Waals surface area contributed by atoms with Gasteiger partial charge in [0, 0.05) is 68.4 Å². The number of anilines is 1. The lowest BCUT2D eigenvalue weighted by Crippen LogP contribution is -2.41. The molecule has 17 heteroatoms. The fraction of sp³-hybridized carbons (Fsp3) is 0.486. The number of rotatable bonds is 26. The van der Waals surface area contributed by atoms with Gasteiger partial charge in [0.05, 0.1) is 35.2 Å². The standard InChI is InChI=1S/C24H35NO4Si.C23H33NO5Si.C23H35NO2Si/c1-18-9-11-20(12-10-18)19(2)22-17-21(13-14-23(22)25(26)27)28-15-8-16-29-30(6,7)24(3,4)5;1-17-8-10-18(11-9-17)22(25)20-16-19(12-13-21(20)24(26)27)28-14-7-15-29-30(5,6)23(2,3)4;1-18-8-10-19(11-9-18)16-20-17-21(12-13-22(20)24)25-14-7-15-26-27(5,6)23(2,3)4/h9-14,17,19H,8,15-16H2,1-7H3;8-13,16,22,25H,7,14-15H2,1-6H3;8-13,17H,7,14-16,24H2,1-6H3. The Hall–Kier alpha value is -6.19. The van der Waals surface area contributed by atoms with E-state index in [0.717, 1.165) is 66.0 Å². The van der Waals surface area contributed by atoms with E-state index in [1.54, 1.807) is 42.5 Å². The molecule has 0 aliphatic carbocycles. The third-order valence-corrected chi connectivity index (χ3v) is 30.8. The van der Waals surface area contributed by atoms with Crippen LogP contribution in [0.2, 0.25) is 54.4 Å². The van der Waals surface area contributed by atoms with Crippen molar-refractivity contribution < 1.29 is 42.4 Å². The van der Waals surface area contributed by atoms with Gasteiger partial charge in [-0.25, -0.2) is 0 Å². The third-order valence-electron chi connectivity index (χ3n) is 17.2. The molecule has 0 saturated heterocycles. The van der Waals surface area contributed by atoms with Crippen molar-refractivity contribution in [1.29, 1.82) is 0 Å².